The molecule has 58 heavy (non-hydrogen) atoms. The number of nitrogens with one attached hydrogen (secondary N) is 3. The van der Waals surface area contributed by atoms with Crippen LogP contribution >= 0.6 is 0 Å². The Morgan fingerprint density at radius 3 is 1.64 bits per heavy atom. The first kappa shape index (κ1) is 41.0. The van der Waals surface area contributed by atoms with Crippen LogP contribution in [0.4, 0.5) is 46.3 Å². The largest absolute Gasteiger partial charge is 0.493 e. The van der Waals surface area contributed by atoms with Crippen molar-refractivity contribution in [3.63, 3.8) is 0 Å². The standard InChI is InChI=1S/C36H33N11O11/c1-17-9-23(3-4-26(17)45-43-24-13-19(30(51)52)11-20(14-24)31(53)54)39-36-41-34(40-35(42-36)38-6-8-48)37-5-7-47-27(49)10-18(2)28(29(47)50)46-44-25-15-21(32(55)56)12-22(16-25)33(57)58/h3-4,9-16,48,50H,5-8H2,1-2H3,(H,51,52)(H,53,54)(H,55,56)(H,57,58)(H3,37,38,39,40,41,42). The van der Waals surface area contributed by atoms with E-state index in [1.165, 1.54) is 25.1 Å². The highest BCUT2D eigenvalue weighted by Crippen LogP contribution is 2.31. The SMILES string of the molecule is Cc1cc(Nc2nc(NCCO)nc(NCCn3c(O)c(N=Nc4cc(C(=O)O)cc(C(=O)O)c4)c(C)cc3=O)n2)ccc1N=Nc1cc(C(=O)O)cc(C(=O)O)c1. The number of nitrogens with zero attached hydrogens (tertiary/aromatic N) is 8. The number of hydrogen-bond donors (Lipinski definition) is 9. The molecular formula is C36H33N11O11. The first-order valence-corrected chi connectivity index (χ1v) is 16.8. The number of aliphatic hydroxyl groups excluding tert-OH is 1. The molecular weight excluding hydrogens is 762 g/mol. The maximum absolute atomic E-state index is 12.9. The van der Waals surface area contributed by atoms with Gasteiger partial charge in [0, 0.05) is 31.4 Å². The number of pyridine rings is 1. The van der Waals surface area contributed by atoms with Gasteiger partial charge in [0.05, 0.1) is 45.9 Å². The number of aromatic hydroxyl groups is 1. The highest BCUT2D eigenvalue weighted by atomic mass is 16.4. The minimum Gasteiger partial charge on any atom is -0.493 e. The van der Waals surface area contributed by atoms with Gasteiger partial charge in [0.2, 0.25) is 23.7 Å². The van der Waals surface area contributed by atoms with Gasteiger partial charge in [0.1, 0.15) is 5.69 Å². The molecule has 0 fully saturated rings. The first-order chi connectivity index (χ1) is 27.6. The molecule has 22 nitrogen and oxygen atoms in total. The predicted octanol–water partition coefficient (Wildman–Crippen LogP) is 5.24. The number of carboxylic acid groups (broad SMARTS) is 4. The van der Waals surface area contributed by atoms with Crippen molar-refractivity contribution in [3.8, 4) is 5.88 Å². The van der Waals surface area contributed by atoms with Crippen LogP contribution in [0.2, 0.25) is 0 Å². The van der Waals surface area contributed by atoms with Crippen molar-refractivity contribution in [3.05, 3.63) is 104 Å². The lowest BCUT2D eigenvalue weighted by Gasteiger charge is -2.14. The lowest BCUT2D eigenvalue weighted by Crippen LogP contribution is -2.24. The van der Waals surface area contributed by atoms with E-state index in [9.17, 15) is 54.6 Å². The Hall–Kier alpha value is -8.14. The van der Waals surface area contributed by atoms with E-state index < -0.39 is 35.3 Å². The van der Waals surface area contributed by atoms with Crippen molar-refractivity contribution in [2.24, 2.45) is 20.5 Å². The van der Waals surface area contributed by atoms with Gasteiger partial charge in [-0.15, -0.1) is 5.11 Å². The van der Waals surface area contributed by atoms with Gasteiger partial charge in [0.25, 0.3) is 5.56 Å². The fourth-order valence-electron chi connectivity index (χ4n) is 5.14. The van der Waals surface area contributed by atoms with Crippen molar-refractivity contribution < 1.29 is 49.8 Å². The van der Waals surface area contributed by atoms with Gasteiger partial charge < -0.3 is 46.6 Å². The number of anilines is 4. The maximum Gasteiger partial charge on any atom is 0.335 e. The number of aliphatic hydroxyl groups is 1. The molecule has 298 valence electrons. The molecule has 0 atom stereocenters. The van der Waals surface area contributed by atoms with Crippen molar-refractivity contribution in [2.45, 2.75) is 20.4 Å². The number of aryl methyl sites for hydroxylation is 2. The Morgan fingerprint density at radius 2 is 1.14 bits per heavy atom. The van der Waals surface area contributed by atoms with Crippen molar-refractivity contribution >= 4 is 70.2 Å². The Labute approximate surface area is 326 Å². The van der Waals surface area contributed by atoms with Crippen LogP contribution < -0.4 is 21.5 Å². The van der Waals surface area contributed by atoms with Gasteiger partial charge >= 0.3 is 23.9 Å². The van der Waals surface area contributed by atoms with Gasteiger partial charge in [-0.2, -0.15) is 30.3 Å². The average molecular weight is 796 g/mol. The van der Waals surface area contributed by atoms with Crippen LogP contribution in [-0.4, -0.2) is 93.7 Å². The zero-order valence-corrected chi connectivity index (χ0v) is 30.4. The van der Waals surface area contributed by atoms with Gasteiger partial charge in [-0.25, -0.2) is 19.2 Å². The molecule has 0 spiro atoms. The topological polar surface area (TPSA) is 336 Å². The molecule has 0 radical (unpaired) electrons. The number of carbonyl (C=O) groups is 4. The number of benzene rings is 3. The first-order valence-electron chi connectivity index (χ1n) is 16.8. The van der Waals surface area contributed by atoms with E-state index in [0.717, 1.165) is 28.8 Å². The second kappa shape index (κ2) is 18.0. The molecule has 2 heterocycles. The molecule has 0 amide bonds. The molecule has 5 aromatic rings. The second-order valence-electron chi connectivity index (χ2n) is 12.2. The minimum atomic E-state index is -1.38. The van der Waals surface area contributed by atoms with Crippen LogP contribution in [-0.2, 0) is 6.54 Å². The Kier molecular flexibility index (Phi) is 12.7. The summed E-state index contributed by atoms with van der Waals surface area (Å²) in [5, 5.41) is 82.6. The molecule has 3 aromatic carbocycles. The van der Waals surface area contributed by atoms with E-state index in [1.807, 2.05) is 0 Å². The number of aromatic carboxylic acids is 4. The summed E-state index contributed by atoms with van der Waals surface area (Å²) in [7, 11) is 0. The fourth-order valence-corrected chi connectivity index (χ4v) is 5.14. The maximum atomic E-state index is 12.9. The second-order valence-corrected chi connectivity index (χ2v) is 12.2. The summed E-state index contributed by atoms with van der Waals surface area (Å²) in [6.45, 7) is 2.95. The average Bonchev–Trinajstić information content (AvgIpc) is 3.17. The summed E-state index contributed by atoms with van der Waals surface area (Å²) in [6.07, 6.45) is 0. The van der Waals surface area contributed by atoms with E-state index in [-0.39, 0.29) is 89.0 Å². The van der Waals surface area contributed by atoms with E-state index >= 15 is 0 Å². The molecule has 0 saturated carbocycles. The van der Waals surface area contributed by atoms with Gasteiger partial charge in [-0.05, 0) is 79.6 Å². The number of carboxylic acids is 4. The molecule has 0 bridgehead atoms. The van der Waals surface area contributed by atoms with Crippen LogP contribution in [0.3, 0.4) is 0 Å². The normalized spacial score (nSPS) is 11.2. The summed E-state index contributed by atoms with van der Waals surface area (Å²) >= 11 is 0. The van der Waals surface area contributed by atoms with E-state index in [4.69, 9.17) is 0 Å². The van der Waals surface area contributed by atoms with Crippen LogP contribution in [0.1, 0.15) is 52.6 Å². The monoisotopic (exact) mass is 795 g/mol. The molecule has 0 aliphatic heterocycles. The Balaban J connectivity index is 1.33. The molecule has 22 heteroatoms. The van der Waals surface area contributed by atoms with Crippen molar-refractivity contribution in [1.82, 2.24) is 19.5 Å². The van der Waals surface area contributed by atoms with E-state index in [2.05, 4.69) is 51.4 Å². The quantitative estimate of drug-likeness (QED) is 0.0543. The van der Waals surface area contributed by atoms with E-state index in [0.29, 0.717) is 16.9 Å². The number of hydrogen-bond acceptors (Lipinski definition) is 17. The van der Waals surface area contributed by atoms with Crippen molar-refractivity contribution in [1.29, 1.82) is 0 Å². The summed E-state index contributed by atoms with van der Waals surface area (Å²) < 4.78 is 0.992. The lowest BCUT2D eigenvalue weighted by atomic mass is 10.1. The Morgan fingerprint density at radius 1 is 0.638 bits per heavy atom. The number of aromatic nitrogens is 4. The molecule has 5 rings (SSSR count). The molecule has 0 aliphatic rings. The fraction of sp³-hybridized carbons (Fsp3) is 0.167. The zero-order valence-electron chi connectivity index (χ0n) is 30.4. The molecule has 9 N–H and O–H groups in total. The number of rotatable bonds is 17. The molecule has 0 unspecified atom stereocenters. The third-order valence-electron chi connectivity index (χ3n) is 7.91. The lowest BCUT2D eigenvalue weighted by molar-refractivity contribution is 0.0676. The summed E-state index contributed by atoms with van der Waals surface area (Å²) in [5.41, 5.74) is -0.242. The number of azo groups is 2. The summed E-state index contributed by atoms with van der Waals surface area (Å²) in [5.74, 6) is -5.79. The third-order valence-corrected chi connectivity index (χ3v) is 7.91. The summed E-state index contributed by atoms with van der Waals surface area (Å²) in [6, 6.07) is 12.7. The molecule has 0 saturated heterocycles. The van der Waals surface area contributed by atoms with Gasteiger partial charge in [-0.1, -0.05) is 0 Å². The smallest absolute Gasteiger partial charge is 0.335 e. The zero-order chi connectivity index (χ0) is 42.1. The predicted molar refractivity (Wildman–Crippen MR) is 205 cm³/mol. The third kappa shape index (κ3) is 10.3. The van der Waals surface area contributed by atoms with Crippen LogP contribution in [0.25, 0.3) is 0 Å². The Bertz CT molecular complexity index is 2490. The molecule has 2 aromatic heterocycles. The highest BCUT2D eigenvalue weighted by molar-refractivity contribution is 5.96. The van der Waals surface area contributed by atoms with E-state index in [1.54, 1.807) is 25.1 Å². The van der Waals surface area contributed by atoms with Crippen LogP contribution in [0, 0.1) is 13.8 Å². The van der Waals surface area contributed by atoms with Gasteiger partial charge in [0.15, 0.2) is 0 Å². The van der Waals surface area contributed by atoms with Crippen LogP contribution in [0.5, 0.6) is 5.88 Å². The van der Waals surface area contributed by atoms with Crippen LogP contribution in [0.15, 0.2) is 85.9 Å². The highest BCUT2D eigenvalue weighted by Gasteiger charge is 2.16. The molecule has 0 aliphatic carbocycles. The van der Waals surface area contributed by atoms with Crippen molar-refractivity contribution in [2.75, 3.05) is 35.6 Å². The summed E-state index contributed by atoms with van der Waals surface area (Å²) in [4.78, 5) is 71.7. The minimum absolute atomic E-state index is 0.0131. The van der Waals surface area contributed by atoms with Gasteiger partial charge in [-0.3, -0.25) is 9.36 Å².